The van der Waals surface area contributed by atoms with Gasteiger partial charge in [-0.3, -0.25) is 4.79 Å². The zero-order valence-electron chi connectivity index (χ0n) is 11.4. The van der Waals surface area contributed by atoms with Gasteiger partial charge in [0, 0.05) is 17.7 Å². The number of nitrogens with two attached hydrogens (primary N) is 1. The highest BCUT2D eigenvalue weighted by Gasteiger charge is 2.34. The number of pyridine rings is 1. The lowest BCUT2D eigenvalue weighted by molar-refractivity contribution is -0.276. The van der Waals surface area contributed by atoms with E-state index in [9.17, 15) is 26.7 Å². The normalized spacial score (nSPS) is 11.6. The first-order chi connectivity index (χ1) is 10.2. The fraction of sp³-hybridized carbons (Fsp3) is 0.500. The molecule has 124 valence electrons. The van der Waals surface area contributed by atoms with Gasteiger partial charge in [0.05, 0.1) is 18.7 Å². The Bertz CT molecular complexity index is 534. The van der Waals surface area contributed by atoms with Crippen LogP contribution in [0.3, 0.4) is 0 Å². The summed E-state index contributed by atoms with van der Waals surface area (Å²) < 4.78 is 71.0. The Labute approximate surface area is 122 Å². The molecule has 0 amide bonds. The van der Waals surface area contributed by atoms with Crippen LogP contribution in [-0.2, 0) is 22.5 Å². The lowest BCUT2D eigenvalue weighted by Gasteiger charge is -2.15. The van der Waals surface area contributed by atoms with Crippen LogP contribution in [0.15, 0.2) is 6.07 Å². The van der Waals surface area contributed by atoms with E-state index in [-0.39, 0.29) is 12.2 Å². The van der Waals surface area contributed by atoms with Crippen molar-refractivity contribution < 1.29 is 36.2 Å². The monoisotopic (exact) mass is 328 g/mol. The number of carbonyl (C=O) groups excluding carboxylic acids is 1. The second kappa shape index (κ2) is 7.34. The van der Waals surface area contributed by atoms with Gasteiger partial charge in [-0.2, -0.15) is 0 Å². The van der Waals surface area contributed by atoms with Gasteiger partial charge in [0.2, 0.25) is 5.88 Å². The second-order valence-corrected chi connectivity index (χ2v) is 4.02. The lowest BCUT2D eigenvalue weighted by atomic mass is 10.1. The average Bonchev–Trinajstić information content (AvgIpc) is 2.36. The average molecular weight is 328 g/mol. The molecular weight excluding hydrogens is 315 g/mol. The van der Waals surface area contributed by atoms with Gasteiger partial charge >= 0.3 is 12.3 Å². The summed E-state index contributed by atoms with van der Waals surface area (Å²) in [6, 6.07) is 0.743. The van der Waals surface area contributed by atoms with Crippen LogP contribution in [-0.4, -0.2) is 23.9 Å². The summed E-state index contributed by atoms with van der Waals surface area (Å²) in [6.07, 6.45) is -8.81. The molecule has 0 atom stereocenters. The molecule has 1 heterocycles. The minimum absolute atomic E-state index is 0.00433. The fourth-order valence-electron chi connectivity index (χ4n) is 1.62. The van der Waals surface area contributed by atoms with Crippen LogP contribution in [0.4, 0.5) is 22.0 Å². The number of halogens is 5. The Morgan fingerprint density at radius 3 is 2.50 bits per heavy atom. The second-order valence-electron chi connectivity index (χ2n) is 4.02. The first kappa shape index (κ1) is 18.1. The van der Waals surface area contributed by atoms with E-state index in [0.29, 0.717) is 0 Å². The van der Waals surface area contributed by atoms with Crippen molar-refractivity contribution in [1.29, 1.82) is 0 Å². The lowest BCUT2D eigenvalue weighted by Crippen LogP contribution is -2.21. The first-order valence-electron chi connectivity index (χ1n) is 6.10. The van der Waals surface area contributed by atoms with Gasteiger partial charge in [0.1, 0.15) is 0 Å². The maximum atomic E-state index is 13.0. The third kappa shape index (κ3) is 5.10. The maximum absolute atomic E-state index is 13.0. The number of carbonyl (C=O) groups is 1. The Morgan fingerprint density at radius 1 is 1.41 bits per heavy atom. The van der Waals surface area contributed by atoms with Crippen LogP contribution in [0, 0.1) is 0 Å². The molecule has 0 aliphatic carbocycles. The summed E-state index contributed by atoms with van der Waals surface area (Å²) in [5, 5.41) is 0. The van der Waals surface area contributed by atoms with Crippen LogP contribution < -0.4 is 10.5 Å². The van der Waals surface area contributed by atoms with Crippen molar-refractivity contribution >= 4 is 5.97 Å². The Morgan fingerprint density at radius 2 is 2.05 bits per heavy atom. The summed E-state index contributed by atoms with van der Waals surface area (Å²) in [6.45, 7) is 1.00. The molecule has 0 radical (unpaired) electrons. The summed E-state index contributed by atoms with van der Waals surface area (Å²) in [7, 11) is 0. The number of aromatic nitrogens is 1. The van der Waals surface area contributed by atoms with Gasteiger partial charge in [-0.1, -0.05) is 0 Å². The highest BCUT2D eigenvalue weighted by atomic mass is 19.4. The van der Waals surface area contributed by atoms with E-state index in [2.05, 4.69) is 14.5 Å². The third-order valence-corrected chi connectivity index (χ3v) is 2.46. The molecule has 1 aromatic rings. The van der Waals surface area contributed by atoms with Crippen LogP contribution in [0.25, 0.3) is 0 Å². The number of nitrogens with zero attached hydrogens (tertiary/aromatic N) is 1. The topological polar surface area (TPSA) is 74.4 Å². The van der Waals surface area contributed by atoms with E-state index in [1.165, 1.54) is 6.92 Å². The van der Waals surface area contributed by atoms with Crippen molar-refractivity contribution in [3.05, 3.63) is 22.9 Å². The molecule has 0 aliphatic rings. The molecule has 2 N–H and O–H groups in total. The first-order valence-corrected chi connectivity index (χ1v) is 6.10. The van der Waals surface area contributed by atoms with Crippen molar-refractivity contribution in [3.63, 3.8) is 0 Å². The smallest absolute Gasteiger partial charge is 0.466 e. The van der Waals surface area contributed by atoms with E-state index in [1.807, 2.05) is 0 Å². The highest BCUT2D eigenvalue weighted by molar-refractivity contribution is 5.72. The van der Waals surface area contributed by atoms with Gasteiger partial charge < -0.3 is 15.2 Å². The van der Waals surface area contributed by atoms with Crippen LogP contribution >= 0.6 is 0 Å². The zero-order valence-corrected chi connectivity index (χ0v) is 11.4. The molecule has 0 aliphatic heterocycles. The quantitative estimate of drug-likeness (QED) is 0.641. The molecular formula is C12H13F5N2O3. The molecule has 1 rings (SSSR count). The predicted molar refractivity (Wildman–Crippen MR) is 64.1 cm³/mol. The van der Waals surface area contributed by atoms with Gasteiger partial charge in [-0.15, -0.1) is 13.2 Å². The molecule has 22 heavy (non-hydrogen) atoms. The molecule has 0 aromatic carbocycles. The summed E-state index contributed by atoms with van der Waals surface area (Å²) >= 11 is 0. The number of rotatable bonds is 6. The number of hydrogen-bond acceptors (Lipinski definition) is 5. The number of hydrogen-bond donors (Lipinski definition) is 1. The molecule has 0 spiro atoms. The van der Waals surface area contributed by atoms with Gasteiger partial charge in [0.25, 0.3) is 6.43 Å². The van der Waals surface area contributed by atoms with Crippen molar-refractivity contribution in [2.24, 2.45) is 5.73 Å². The fourth-order valence-corrected chi connectivity index (χ4v) is 1.62. The Kier molecular flexibility index (Phi) is 6.03. The molecule has 0 saturated carbocycles. The highest BCUT2D eigenvalue weighted by Crippen LogP contribution is 2.30. The van der Waals surface area contributed by atoms with Crippen molar-refractivity contribution in [3.8, 4) is 5.88 Å². The van der Waals surface area contributed by atoms with Crippen molar-refractivity contribution in [2.75, 3.05) is 6.61 Å². The van der Waals surface area contributed by atoms with Crippen molar-refractivity contribution in [2.45, 2.75) is 32.7 Å². The standard InChI is InChI=1S/C12H13F5N2O3/c1-2-21-9(20)4-8-7(10(13)14)3-6(5-18)11(19-8)22-12(15,16)17/h3,10H,2,4-5,18H2,1H3. The minimum atomic E-state index is -5.07. The zero-order chi connectivity index (χ0) is 16.9. The molecule has 0 fully saturated rings. The molecule has 0 unspecified atom stereocenters. The van der Waals surface area contributed by atoms with E-state index < -0.39 is 48.9 Å². The van der Waals surface area contributed by atoms with Crippen LogP contribution in [0.1, 0.15) is 30.2 Å². The summed E-state index contributed by atoms with van der Waals surface area (Å²) in [4.78, 5) is 14.7. The third-order valence-electron chi connectivity index (χ3n) is 2.46. The summed E-state index contributed by atoms with van der Waals surface area (Å²) in [5.74, 6) is -1.85. The van der Waals surface area contributed by atoms with E-state index in [1.54, 1.807) is 0 Å². The van der Waals surface area contributed by atoms with E-state index in [4.69, 9.17) is 5.73 Å². The van der Waals surface area contributed by atoms with Gasteiger partial charge in [0.15, 0.2) is 0 Å². The van der Waals surface area contributed by atoms with E-state index in [0.717, 1.165) is 6.07 Å². The molecule has 0 saturated heterocycles. The Balaban J connectivity index is 3.26. The molecule has 1 aromatic heterocycles. The molecule has 5 nitrogen and oxygen atoms in total. The van der Waals surface area contributed by atoms with Gasteiger partial charge in [-0.05, 0) is 13.0 Å². The largest absolute Gasteiger partial charge is 0.574 e. The molecule has 10 heteroatoms. The Hall–Kier alpha value is -1.97. The minimum Gasteiger partial charge on any atom is -0.466 e. The van der Waals surface area contributed by atoms with Crippen molar-refractivity contribution in [1.82, 2.24) is 4.98 Å². The number of alkyl halides is 5. The van der Waals surface area contributed by atoms with Crippen LogP contribution in [0.5, 0.6) is 5.88 Å². The summed E-state index contributed by atoms with van der Waals surface area (Å²) in [5.41, 5.74) is 3.62. The molecule has 0 bridgehead atoms. The maximum Gasteiger partial charge on any atom is 0.574 e. The van der Waals surface area contributed by atoms with Gasteiger partial charge in [-0.25, -0.2) is 13.8 Å². The SMILES string of the molecule is CCOC(=O)Cc1nc(OC(F)(F)F)c(CN)cc1C(F)F. The number of esters is 1. The van der Waals surface area contributed by atoms with Crippen LogP contribution in [0.2, 0.25) is 0 Å². The number of ether oxygens (including phenoxy) is 2. The van der Waals surface area contributed by atoms with E-state index >= 15 is 0 Å². The predicted octanol–water partition coefficient (Wildman–Crippen LogP) is 2.48.